The molecule has 0 aliphatic carbocycles. The number of halogens is 1. The molecule has 1 aromatic rings. The van der Waals surface area contributed by atoms with Crippen molar-refractivity contribution in [3.8, 4) is 5.75 Å². The van der Waals surface area contributed by atoms with Crippen LogP contribution in [-0.2, 0) is 4.79 Å². The van der Waals surface area contributed by atoms with Crippen LogP contribution in [0.25, 0.3) is 0 Å². The highest BCUT2D eigenvalue weighted by molar-refractivity contribution is 6.32. The zero-order chi connectivity index (χ0) is 12.7. The van der Waals surface area contributed by atoms with E-state index >= 15 is 0 Å². The van der Waals surface area contributed by atoms with Crippen LogP contribution in [0.2, 0.25) is 5.02 Å². The van der Waals surface area contributed by atoms with Gasteiger partial charge in [0.15, 0.2) is 0 Å². The molecule has 1 aromatic carbocycles. The normalized spacial score (nSPS) is 29.9. The van der Waals surface area contributed by atoms with Crippen molar-refractivity contribution in [3.05, 3.63) is 28.8 Å². The Bertz CT molecular complexity index is 494. The summed E-state index contributed by atoms with van der Waals surface area (Å²) in [5.74, 6) is 0.439. The SMILES string of the molecule is NC(=O)C1NNC2c3cccc(Cl)c3OCCC12. The van der Waals surface area contributed by atoms with Gasteiger partial charge in [0.25, 0.3) is 0 Å². The monoisotopic (exact) mass is 267 g/mol. The fraction of sp³-hybridized carbons (Fsp3) is 0.417. The van der Waals surface area contributed by atoms with Crippen LogP contribution in [0, 0.1) is 5.92 Å². The van der Waals surface area contributed by atoms with E-state index in [1.807, 2.05) is 12.1 Å². The third-order valence-electron chi connectivity index (χ3n) is 3.59. The highest BCUT2D eigenvalue weighted by Crippen LogP contribution is 2.41. The molecule has 1 fully saturated rings. The number of carbonyl (C=O) groups excluding carboxylic acids is 1. The van der Waals surface area contributed by atoms with Crippen LogP contribution in [0.4, 0.5) is 0 Å². The number of carbonyl (C=O) groups is 1. The van der Waals surface area contributed by atoms with E-state index in [0.29, 0.717) is 17.4 Å². The molecule has 2 aliphatic heterocycles. The van der Waals surface area contributed by atoms with Crippen LogP contribution < -0.4 is 21.3 Å². The molecular formula is C12H14ClN3O2. The molecular weight excluding hydrogens is 254 g/mol. The number of benzene rings is 1. The summed E-state index contributed by atoms with van der Waals surface area (Å²) in [6, 6.07) is 5.27. The summed E-state index contributed by atoms with van der Waals surface area (Å²) < 4.78 is 5.69. The number of hydrazine groups is 1. The fourth-order valence-corrected chi connectivity index (χ4v) is 2.97. The van der Waals surface area contributed by atoms with Gasteiger partial charge in [-0.2, -0.15) is 0 Å². The van der Waals surface area contributed by atoms with Crippen molar-refractivity contribution in [1.29, 1.82) is 0 Å². The second-order valence-electron chi connectivity index (χ2n) is 4.61. The molecule has 5 nitrogen and oxygen atoms in total. The zero-order valence-electron chi connectivity index (χ0n) is 9.65. The number of hydrogen-bond donors (Lipinski definition) is 3. The summed E-state index contributed by atoms with van der Waals surface area (Å²) in [5, 5.41) is 0.595. The largest absolute Gasteiger partial charge is 0.492 e. The molecule has 0 bridgehead atoms. The topological polar surface area (TPSA) is 76.4 Å². The number of fused-ring (bicyclic) bond motifs is 3. The molecule has 0 spiro atoms. The summed E-state index contributed by atoms with van der Waals surface area (Å²) in [5.41, 5.74) is 12.5. The third-order valence-corrected chi connectivity index (χ3v) is 3.88. The number of amides is 1. The van der Waals surface area contributed by atoms with Gasteiger partial charge in [0.2, 0.25) is 5.91 Å². The maximum Gasteiger partial charge on any atom is 0.236 e. The van der Waals surface area contributed by atoms with Crippen molar-refractivity contribution >= 4 is 17.5 Å². The van der Waals surface area contributed by atoms with Crippen LogP contribution in [-0.4, -0.2) is 18.6 Å². The summed E-state index contributed by atoms with van der Waals surface area (Å²) in [6.07, 6.45) is 0.753. The first kappa shape index (κ1) is 11.8. The van der Waals surface area contributed by atoms with Crippen LogP contribution in [0.1, 0.15) is 18.0 Å². The Morgan fingerprint density at radius 1 is 1.44 bits per heavy atom. The fourth-order valence-electron chi connectivity index (χ4n) is 2.73. The molecule has 96 valence electrons. The molecule has 1 saturated heterocycles. The number of rotatable bonds is 1. The first-order chi connectivity index (χ1) is 8.68. The number of nitrogens with two attached hydrogens (primary N) is 1. The predicted molar refractivity (Wildman–Crippen MR) is 67.0 cm³/mol. The van der Waals surface area contributed by atoms with E-state index in [4.69, 9.17) is 22.1 Å². The minimum Gasteiger partial charge on any atom is -0.492 e. The van der Waals surface area contributed by atoms with Crippen molar-refractivity contribution in [2.45, 2.75) is 18.5 Å². The van der Waals surface area contributed by atoms with Gasteiger partial charge in [-0.25, -0.2) is 10.9 Å². The first-order valence-corrected chi connectivity index (χ1v) is 6.28. The molecule has 4 N–H and O–H groups in total. The van der Waals surface area contributed by atoms with Crippen molar-refractivity contribution in [2.75, 3.05) is 6.61 Å². The minimum atomic E-state index is -0.372. The van der Waals surface area contributed by atoms with Gasteiger partial charge in [-0.15, -0.1) is 0 Å². The Balaban J connectivity index is 2.02. The lowest BCUT2D eigenvalue weighted by molar-refractivity contribution is -0.120. The first-order valence-electron chi connectivity index (χ1n) is 5.90. The summed E-state index contributed by atoms with van der Waals surface area (Å²) >= 11 is 6.14. The van der Waals surface area contributed by atoms with Gasteiger partial charge in [0.1, 0.15) is 11.8 Å². The maximum absolute atomic E-state index is 11.4. The van der Waals surface area contributed by atoms with Gasteiger partial charge in [-0.1, -0.05) is 23.7 Å². The van der Waals surface area contributed by atoms with Crippen LogP contribution in [0.15, 0.2) is 18.2 Å². The van der Waals surface area contributed by atoms with Crippen LogP contribution >= 0.6 is 11.6 Å². The van der Waals surface area contributed by atoms with Crippen molar-refractivity contribution in [3.63, 3.8) is 0 Å². The molecule has 6 heteroatoms. The van der Waals surface area contributed by atoms with Gasteiger partial charge in [0, 0.05) is 11.5 Å². The number of hydrogen-bond acceptors (Lipinski definition) is 4. The smallest absolute Gasteiger partial charge is 0.236 e. The quantitative estimate of drug-likeness (QED) is 0.702. The van der Waals surface area contributed by atoms with E-state index in [2.05, 4.69) is 10.9 Å². The highest BCUT2D eigenvalue weighted by Gasteiger charge is 2.42. The molecule has 1 amide bonds. The minimum absolute atomic E-state index is 0.00120. The molecule has 18 heavy (non-hydrogen) atoms. The maximum atomic E-state index is 11.4. The Morgan fingerprint density at radius 2 is 2.28 bits per heavy atom. The molecule has 2 heterocycles. The molecule has 3 unspecified atom stereocenters. The second-order valence-corrected chi connectivity index (χ2v) is 5.01. The average Bonchev–Trinajstić information content (AvgIpc) is 2.67. The van der Waals surface area contributed by atoms with E-state index in [9.17, 15) is 4.79 Å². The Morgan fingerprint density at radius 3 is 3.06 bits per heavy atom. The van der Waals surface area contributed by atoms with Gasteiger partial charge in [-0.05, 0) is 12.5 Å². The molecule has 0 saturated carbocycles. The van der Waals surface area contributed by atoms with E-state index in [-0.39, 0.29) is 23.9 Å². The van der Waals surface area contributed by atoms with Crippen molar-refractivity contribution < 1.29 is 9.53 Å². The lowest BCUT2D eigenvalue weighted by Crippen LogP contribution is -2.43. The predicted octanol–water partition coefficient (Wildman–Crippen LogP) is 0.741. The van der Waals surface area contributed by atoms with E-state index in [1.54, 1.807) is 6.07 Å². The molecule has 0 aromatic heterocycles. The van der Waals surface area contributed by atoms with Crippen LogP contribution in [0.5, 0.6) is 5.75 Å². The lowest BCUT2D eigenvalue weighted by Gasteiger charge is -2.18. The highest BCUT2D eigenvalue weighted by atomic mass is 35.5. The van der Waals surface area contributed by atoms with Crippen molar-refractivity contribution in [2.24, 2.45) is 11.7 Å². The van der Waals surface area contributed by atoms with Crippen molar-refractivity contribution in [1.82, 2.24) is 10.9 Å². The second kappa shape index (κ2) is 4.42. The lowest BCUT2D eigenvalue weighted by atomic mass is 9.87. The molecule has 0 radical (unpaired) electrons. The molecule has 3 atom stereocenters. The van der Waals surface area contributed by atoms with E-state index < -0.39 is 0 Å². The van der Waals surface area contributed by atoms with Gasteiger partial charge in [-0.3, -0.25) is 4.79 Å². The van der Waals surface area contributed by atoms with E-state index in [1.165, 1.54) is 0 Å². The number of para-hydroxylation sites is 1. The Hall–Kier alpha value is -1.30. The van der Waals surface area contributed by atoms with Gasteiger partial charge in [0.05, 0.1) is 17.7 Å². The standard InChI is InChI=1S/C12H14ClN3O2/c13-8-3-1-2-7-9-6(4-5-18-11(7)8)10(12(14)17)16-15-9/h1-3,6,9-10,15-16H,4-5H2,(H2,14,17). The summed E-state index contributed by atoms with van der Waals surface area (Å²) in [4.78, 5) is 11.4. The van der Waals surface area contributed by atoms with Gasteiger partial charge < -0.3 is 10.5 Å². The Labute approximate surface area is 110 Å². The Kier molecular flexibility index (Phi) is 2.89. The summed E-state index contributed by atoms with van der Waals surface area (Å²) in [7, 11) is 0. The molecule has 2 aliphatic rings. The van der Waals surface area contributed by atoms with Crippen LogP contribution in [0.3, 0.4) is 0 Å². The number of primary amides is 1. The van der Waals surface area contributed by atoms with E-state index in [0.717, 1.165) is 12.0 Å². The number of ether oxygens (including phenoxy) is 1. The summed E-state index contributed by atoms with van der Waals surface area (Å²) in [6.45, 7) is 0.533. The molecule has 3 rings (SSSR count). The zero-order valence-corrected chi connectivity index (χ0v) is 10.4. The average molecular weight is 268 g/mol. The third kappa shape index (κ3) is 1.75. The van der Waals surface area contributed by atoms with Gasteiger partial charge >= 0.3 is 0 Å². The number of nitrogens with one attached hydrogen (secondary N) is 2.